The molecule has 0 saturated carbocycles. The van der Waals surface area contributed by atoms with Crippen LogP contribution in [-0.2, 0) is 21.7 Å². The molecule has 0 radical (unpaired) electrons. The summed E-state index contributed by atoms with van der Waals surface area (Å²) in [5, 5.41) is 9.46. The van der Waals surface area contributed by atoms with Crippen LogP contribution < -0.4 is 24.8 Å². The molecule has 0 aromatic heterocycles. The zero-order valence-corrected chi connectivity index (χ0v) is 22.8. The number of halogens is 2. The fourth-order valence-corrected chi connectivity index (χ4v) is 3.21. The predicted molar refractivity (Wildman–Crippen MR) is 132 cm³/mol. The molecule has 1 N–H and O–H groups in total. The molecule has 0 saturated heterocycles. The molecule has 0 aliphatic heterocycles. The molecule has 0 fully saturated rings. The molecule has 0 amide bonds. The summed E-state index contributed by atoms with van der Waals surface area (Å²) >= 11 is 0. The van der Waals surface area contributed by atoms with E-state index in [0.29, 0.717) is 0 Å². The van der Waals surface area contributed by atoms with Crippen molar-refractivity contribution in [3.8, 4) is 0 Å². The molecule has 176 valence electrons. The van der Waals surface area contributed by atoms with Gasteiger partial charge in [0.25, 0.3) is 0 Å². The van der Waals surface area contributed by atoms with Crippen LogP contribution in [0.5, 0.6) is 0 Å². The molecular formula is C30H29Cl2OTi-3. The maximum Gasteiger partial charge on any atom is 2.00 e. The van der Waals surface area contributed by atoms with Crippen molar-refractivity contribution < 1.29 is 51.6 Å². The van der Waals surface area contributed by atoms with Gasteiger partial charge in [-0.3, -0.25) is 0 Å². The molecule has 1 aliphatic rings. The fraction of sp³-hybridized carbons (Fsp3) is 0.133. The summed E-state index contributed by atoms with van der Waals surface area (Å²) in [6.07, 6.45) is 3.35. The van der Waals surface area contributed by atoms with Gasteiger partial charge < -0.3 is 29.9 Å². The van der Waals surface area contributed by atoms with E-state index >= 15 is 0 Å². The molecular weight excluding hydrogens is 495 g/mol. The minimum atomic E-state index is 0. The van der Waals surface area contributed by atoms with Gasteiger partial charge in [0.05, 0.1) is 0 Å². The van der Waals surface area contributed by atoms with Crippen molar-refractivity contribution in [2.75, 3.05) is 7.11 Å². The normalized spacial score (nSPS) is 10.8. The largest absolute Gasteiger partial charge is 2.00 e. The number of aliphatic hydroxyl groups excluding tert-OH is 1. The minimum absolute atomic E-state index is 0. The Kier molecular flexibility index (Phi) is 20.3. The van der Waals surface area contributed by atoms with Crippen LogP contribution in [0.2, 0.25) is 0 Å². The van der Waals surface area contributed by atoms with E-state index in [1.54, 1.807) is 0 Å². The van der Waals surface area contributed by atoms with Gasteiger partial charge in [-0.05, 0) is 20.3 Å². The quantitative estimate of drug-likeness (QED) is 0.295. The van der Waals surface area contributed by atoms with E-state index in [4.69, 9.17) is 5.11 Å². The second-order valence-corrected chi connectivity index (χ2v) is 6.94. The maximum atomic E-state index is 7.00. The second kappa shape index (κ2) is 20.3. The standard InChI is InChI=1S/C17H15.2C6H5.CH4O.2ClH.Ti/c1-12-9-13(2)17(10-12)16-8-7-14-5-3-4-6-15(14)11-16;2*1-2-4-6-5-3-1;1-2;;;/h3-9H,10H2,1-2H3;2*1-5H;2H,1H3;2*1H;/q3*-1;;;;+2/p-2. The smallest absolute Gasteiger partial charge is 1.00 e. The zero-order chi connectivity index (χ0) is 22.3. The minimum Gasteiger partial charge on any atom is -1.00 e. The van der Waals surface area contributed by atoms with E-state index in [1.165, 1.54) is 33.1 Å². The van der Waals surface area contributed by atoms with Crippen LogP contribution in [0.1, 0.15) is 25.8 Å². The van der Waals surface area contributed by atoms with Crippen LogP contribution in [0.4, 0.5) is 0 Å². The van der Waals surface area contributed by atoms with Gasteiger partial charge >= 0.3 is 21.7 Å². The Morgan fingerprint density at radius 3 is 1.62 bits per heavy atom. The van der Waals surface area contributed by atoms with E-state index in [9.17, 15) is 0 Å². The number of hydrogen-bond donors (Lipinski definition) is 1. The molecule has 4 aromatic carbocycles. The molecule has 0 spiro atoms. The Morgan fingerprint density at radius 1 is 0.676 bits per heavy atom. The van der Waals surface area contributed by atoms with Gasteiger partial charge in [0.15, 0.2) is 0 Å². The first-order valence-corrected chi connectivity index (χ1v) is 10.3. The van der Waals surface area contributed by atoms with Crippen molar-refractivity contribution >= 4 is 16.3 Å². The van der Waals surface area contributed by atoms with E-state index in [-0.39, 0.29) is 46.5 Å². The van der Waals surface area contributed by atoms with Gasteiger partial charge in [0.1, 0.15) is 0 Å². The van der Waals surface area contributed by atoms with Crippen LogP contribution in [0.15, 0.2) is 114 Å². The summed E-state index contributed by atoms with van der Waals surface area (Å²) in [5.41, 5.74) is 5.50. The van der Waals surface area contributed by atoms with Gasteiger partial charge in [0.2, 0.25) is 0 Å². The molecule has 4 aromatic rings. The Morgan fingerprint density at radius 2 is 1.21 bits per heavy atom. The van der Waals surface area contributed by atoms with Crippen molar-refractivity contribution in [2.24, 2.45) is 0 Å². The molecule has 4 heteroatoms. The third-order valence-corrected chi connectivity index (χ3v) is 4.59. The van der Waals surface area contributed by atoms with Crippen LogP contribution in [0.25, 0.3) is 16.3 Å². The number of benzene rings is 4. The summed E-state index contributed by atoms with van der Waals surface area (Å²) in [4.78, 5) is 0. The molecule has 1 nitrogen and oxygen atoms in total. The summed E-state index contributed by atoms with van der Waals surface area (Å²) in [7, 11) is 1.00. The number of allylic oxidation sites excluding steroid dienone is 4. The van der Waals surface area contributed by atoms with Gasteiger partial charge in [-0.1, -0.05) is 46.4 Å². The monoisotopic (exact) mass is 523 g/mol. The van der Waals surface area contributed by atoms with Crippen molar-refractivity contribution in [1.82, 2.24) is 0 Å². The molecule has 1 aliphatic carbocycles. The third kappa shape index (κ3) is 11.8. The topological polar surface area (TPSA) is 20.2 Å². The van der Waals surface area contributed by atoms with Crippen LogP contribution in [0, 0.1) is 18.2 Å². The second-order valence-electron chi connectivity index (χ2n) is 6.94. The summed E-state index contributed by atoms with van der Waals surface area (Å²) in [5.74, 6) is 0. The van der Waals surface area contributed by atoms with Crippen molar-refractivity contribution in [3.63, 3.8) is 0 Å². The first kappa shape index (κ1) is 34.0. The first-order chi connectivity index (χ1) is 15.2. The maximum absolute atomic E-state index is 7.00. The van der Waals surface area contributed by atoms with Crippen molar-refractivity contribution in [2.45, 2.75) is 20.3 Å². The van der Waals surface area contributed by atoms with Crippen LogP contribution in [-0.4, -0.2) is 12.2 Å². The number of fused-ring (bicyclic) bond motifs is 1. The molecule has 0 atom stereocenters. The Bertz CT molecular complexity index is 1010. The van der Waals surface area contributed by atoms with E-state index in [1.807, 2.05) is 60.7 Å². The Labute approximate surface area is 232 Å². The Hall–Kier alpha value is -2.13. The number of aliphatic hydroxyl groups is 1. The van der Waals surface area contributed by atoms with Crippen molar-refractivity contribution in [3.05, 3.63) is 138 Å². The zero-order valence-electron chi connectivity index (χ0n) is 19.7. The number of hydrogen-bond acceptors (Lipinski definition) is 1. The van der Waals surface area contributed by atoms with Gasteiger partial charge in [-0.2, -0.15) is 72.8 Å². The van der Waals surface area contributed by atoms with E-state index in [2.05, 4.69) is 74.5 Å². The van der Waals surface area contributed by atoms with E-state index in [0.717, 1.165) is 13.5 Å². The Balaban J connectivity index is 0. The molecule has 0 heterocycles. The van der Waals surface area contributed by atoms with Gasteiger partial charge in [-0.15, -0.1) is 35.2 Å². The van der Waals surface area contributed by atoms with E-state index < -0.39 is 0 Å². The molecule has 34 heavy (non-hydrogen) atoms. The fourth-order valence-electron chi connectivity index (χ4n) is 3.21. The summed E-state index contributed by atoms with van der Waals surface area (Å²) in [6, 6.07) is 41.3. The van der Waals surface area contributed by atoms with Crippen LogP contribution >= 0.6 is 0 Å². The van der Waals surface area contributed by atoms with Gasteiger partial charge in [-0.25, -0.2) is 0 Å². The van der Waals surface area contributed by atoms with Gasteiger partial charge in [0, 0.05) is 7.11 Å². The van der Waals surface area contributed by atoms with Crippen LogP contribution in [0.3, 0.4) is 0 Å². The van der Waals surface area contributed by atoms with Crippen molar-refractivity contribution in [1.29, 1.82) is 0 Å². The average molecular weight is 524 g/mol. The molecule has 0 bridgehead atoms. The third-order valence-electron chi connectivity index (χ3n) is 4.59. The number of rotatable bonds is 1. The summed E-state index contributed by atoms with van der Waals surface area (Å²) < 4.78 is 0. The molecule has 0 unspecified atom stereocenters. The SMILES string of the molecule is CC1=CC(C)=C(c2[c-]c3ccccc3cc2)C1.CO.[Cl-].[Cl-].[Ti+2].[c-]1ccccc1.[c-]1ccccc1. The predicted octanol–water partition coefficient (Wildman–Crippen LogP) is 1.35. The summed E-state index contributed by atoms with van der Waals surface area (Å²) in [6.45, 7) is 4.38. The first-order valence-electron chi connectivity index (χ1n) is 10.3. The average Bonchev–Trinajstić information content (AvgIpc) is 3.21. The molecule has 5 rings (SSSR count).